The van der Waals surface area contributed by atoms with Crippen LogP contribution in [0.2, 0.25) is 0 Å². The number of hydrogen-bond donors (Lipinski definition) is 3. The van der Waals surface area contributed by atoms with Crippen LogP contribution >= 0.6 is 15.9 Å². The molecule has 19 heavy (non-hydrogen) atoms. The molecule has 1 unspecified atom stereocenters. The molecule has 1 atom stereocenters. The number of benzene rings is 2. The van der Waals surface area contributed by atoms with Gasteiger partial charge in [0.2, 0.25) is 0 Å². The van der Waals surface area contributed by atoms with Gasteiger partial charge >= 0.3 is 0 Å². The van der Waals surface area contributed by atoms with E-state index in [1.165, 1.54) is 0 Å². The van der Waals surface area contributed by atoms with Crippen LogP contribution in [0, 0.1) is 6.92 Å². The van der Waals surface area contributed by atoms with E-state index in [1.54, 1.807) is 18.2 Å². The summed E-state index contributed by atoms with van der Waals surface area (Å²) in [6, 6.07) is 10.5. The Morgan fingerprint density at radius 2 is 1.74 bits per heavy atom. The molecular formula is C15H16BrNO2. The van der Waals surface area contributed by atoms with E-state index in [4.69, 9.17) is 0 Å². The third kappa shape index (κ3) is 3.01. The molecule has 3 nitrogen and oxygen atoms in total. The van der Waals surface area contributed by atoms with Gasteiger partial charge in [0.1, 0.15) is 11.5 Å². The van der Waals surface area contributed by atoms with Crippen LogP contribution in [0.3, 0.4) is 0 Å². The van der Waals surface area contributed by atoms with Gasteiger partial charge < -0.3 is 15.5 Å². The average Bonchev–Trinajstić information content (AvgIpc) is 2.33. The van der Waals surface area contributed by atoms with Gasteiger partial charge in [-0.15, -0.1) is 0 Å². The van der Waals surface area contributed by atoms with E-state index in [0.29, 0.717) is 5.56 Å². The Morgan fingerprint density at radius 3 is 2.37 bits per heavy atom. The smallest absolute Gasteiger partial charge is 0.124 e. The second-order valence-corrected chi connectivity index (χ2v) is 5.45. The second-order valence-electron chi connectivity index (χ2n) is 4.54. The topological polar surface area (TPSA) is 52.5 Å². The number of phenols is 2. The summed E-state index contributed by atoms with van der Waals surface area (Å²) in [4.78, 5) is 0. The molecule has 0 bridgehead atoms. The van der Waals surface area contributed by atoms with Crippen molar-refractivity contribution >= 4 is 21.6 Å². The molecular weight excluding hydrogens is 306 g/mol. The first-order chi connectivity index (χ1) is 8.99. The number of hydrogen-bond acceptors (Lipinski definition) is 3. The lowest BCUT2D eigenvalue weighted by molar-refractivity contribution is 0.434. The van der Waals surface area contributed by atoms with Crippen LogP contribution in [-0.2, 0) is 0 Å². The van der Waals surface area contributed by atoms with E-state index in [1.807, 2.05) is 32.0 Å². The number of phenolic OH excluding ortho intramolecular Hbond substituents is 2. The Kier molecular flexibility index (Phi) is 4.00. The Balaban J connectivity index is 2.31. The highest BCUT2D eigenvalue weighted by molar-refractivity contribution is 9.10. The van der Waals surface area contributed by atoms with Gasteiger partial charge in [-0.05, 0) is 43.7 Å². The van der Waals surface area contributed by atoms with Crippen molar-refractivity contribution in [3.05, 3.63) is 52.0 Å². The Labute approximate surface area is 121 Å². The molecule has 100 valence electrons. The summed E-state index contributed by atoms with van der Waals surface area (Å²) in [6.07, 6.45) is 0. The molecule has 2 aromatic rings. The highest BCUT2D eigenvalue weighted by Gasteiger charge is 2.15. The summed E-state index contributed by atoms with van der Waals surface area (Å²) in [5, 5.41) is 23.0. The molecule has 0 aliphatic carbocycles. The van der Waals surface area contributed by atoms with E-state index in [-0.39, 0.29) is 17.5 Å². The third-order valence-corrected chi connectivity index (χ3v) is 3.56. The zero-order chi connectivity index (χ0) is 14.0. The van der Waals surface area contributed by atoms with Crippen molar-refractivity contribution in [2.75, 3.05) is 5.32 Å². The molecule has 0 radical (unpaired) electrons. The third-order valence-electron chi connectivity index (χ3n) is 3.06. The van der Waals surface area contributed by atoms with Crippen LogP contribution in [0.4, 0.5) is 5.69 Å². The fourth-order valence-electron chi connectivity index (χ4n) is 2.04. The minimum absolute atomic E-state index is 0.0904. The molecule has 0 fully saturated rings. The van der Waals surface area contributed by atoms with Crippen LogP contribution in [0.25, 0.3) is 0 Å². The maximum Gasteiger partial charge on any atom is 0.124 e. The summed E-state index contributed by atoms with van der Waals surface area (Å²) >= 11 is 3.43. The number of aryl methyl sites for hydroxylation is 1. The zero-order valence-corrected chi connectivity index (χ0v) is 12.4. The summed E-state index contributed by atoms with van der Waals surface area (Å²) in [5.74, 6) is 0.181. The minimum atomic E-state index is -0.200. The first kappa shape index (κ1) is 13.7. The van der Waals surface area contributed by atoms with Crippen LogP contribution in [0.1, 0.15) is 24.1 Å². The quantitative estimate of drug-likeness (QED) is 0.788. The SMILES string of the molecule is Cc1ccc(Br)cc1NC(C)c1c(O)cccc1O. The molecule has 2 aromatic carbocycles. The van der Waals surface area contributed by atoms with Crippen molar-refractivity contribution in [1.29, 1.82) is 0 Å². The summed E-state index contributed by atoms with van der Waals surface area (Å²) < 4.78 is 0.981. The molecule has 4 heteroatoms. The van der Waals surface area contributed by atoms with E-state index in [0.717, 1.165) is 15.7 Å². The van der Waals surface area contributed by atoms with E-state index >= 15 is 0 Å². The Hall–Kier alpha value is -1.68. The molecule has 0 heterocycles. The summed E-state index contributed by atoms with van der Waals surface area (Å²) in [5.41, 5.74) is 2.57. The fraction of sp³-hybridized carbons (Fsp3) is 0.200. The molecule has 0 saturated heterocycles. The highest BCUT2D eigenvalue weighted by Crippen LogP contribution is 2.35. The van der Waals surface area contributed by atoms with Crippen LogP contribution in [0.5, 0.6) is 11.5 Å². The number of halogens is 1. The van der Waals surface area contributed by atoms with Crippen LogP contribution < -0.4 is 5.32 Å². The predicted molar refractivity (Wildman–Crippen MR) is 80.7 cm³/mol. The van der Waals surface area contributed by atoms with Crippen LogP contribution in [0.15, 0.2) is 40.9 Å². The lowest BCUT2D eigenvalue weighted by Crippen LogP contribution is -2.08. The largest absolute Gasteiger partial charge is 0.507 e. The predicted octanol–water partition coefficient (Wildman–Crippen LogP) is 4.34. The van der Waals surface area contributed by atoms with Crippen molar-refractivity contribution in [1.82, 2.24) is 0 Å². The molecule has 0 aromatic heterocycles. The zero-order valence-electron chi connectivity index (χ0n) is 10.8. The normalized spacial score (nSPS) is 12.2. The molecule has 0 saturated carbocycles. The van der Waals surface area contributed by atoms with Crippen molar-refractivity contribution in [2.45, 2.75) is 19.9 Å². The maximum atomic E-state index is 9.85. The first-order valence-corrected chi connectivity index (χ1v) is 6.82. The standard InChI is InChI=1S/C15H16BrNO2/c1-9-6-7-11(16)8-12(9)17-10(2)15-13(18)4-3-5-14(15)19/h3-8,10,17-19H,1-2H3. The van der Waals surface area contributed by atoms with Gasteiger partial charge in [-0.3, -0.25) is 0 Å². The number of rotatable bonds is 3. The highest BCUT2D eigenvalue weighted by atomic mass is 79.9. The molecule has 0 spiro atoms. The van der Waals surface area contributed by atoms with E-state index < -0.39 is 0 Å². The number of nitrogens with one attached hydrogen (secondary N) is 1. The average molecular weight is 322 g/mol. The van der Waals surface area contributed by atoms with Gasteiger partial charge in [0, 0.05) is 10.2 Å². The van der Waals surface area contributed by atoms with Gasteiger partial charge in [0.05, 0.1) is 11.6 Å². The van der Waals surface area contributed by atoms with Gasteiger partial charge in [-0.25, -0.2) is 0 Å². The Bertz CT molecular complexity index is 578. The molecule has 0 aliphatic rings. The van der Waals surface area contributed by atoms with E-state index in [9.17, 15) is 10.2 Å². The minimum Gasteiger partial charge on any atom is -0.507 e. The fourth-order valence-corrected chi connectivity index (χ4v) is 2.40. The molecule has 2 rings (SSSR count). The van der Waals surface area contributed by atoms with Crippen LogP contribution in [-0.4, -0.2) is 10.2 Å². The van der Waals surface area contributed by atoms with E-state index in [2.05, 4.69) is 21.2 Å². The van der Waals surface area contributed by atoms with Gasteiger partial charge in [0.15, 0.2) is 0 Å². The summed E-state index contributed by atoms with van der Waals surface area (Å²) in [6.45, 7) is 3.90. The lowest BCUT2D eigenvalue weighted by atomic mass is 10.0. The molecule has 0 amide bonds. The van der Waals surface area contributed by atoms with Gasteiger partial charge in [-0.2, -0.15) is 0 Å². The van der Waals surface area contributed by atoms with Crippen molar-refractivity contribution < 1.29 is 10.2 Å². The molecule has 0 aliphatic heterocycles. The molecule has 3 N–H and O–H groups in total. The van der Waals surface area contributed by atoms with Gasteiger partial charge in [-0.1, -0.05) is 28.1 Å². The maximum absolute atomic E-state index is 9.85. The lowest BCUT2D eigenvalue weighted by Gasteiger charge is -2.19. The van der Waals surface area contributed by atoms with Crippen molar-refractivity contribution in [3.8, 4) is 11.5 Å². The van der Waals surface area contributed by atoms with Crippen molar-refractivity contribution in [2.24, 2.45) is 0 Å². The summed E-state index contributed by atoms with van der Waals surface area (Å²) in [7, 11) is 0. The second kappa shape index (κ2) is 5.53. The van der Waals surface area contributed by atoms with Gasteiger partial charge in [0.25, 0.3) is 0 Å². The number of aromatic hydroxyl groups is 2. The van der Waals surface area contributed by atoms with Crippen molar-refractivity contribution in [3.63, 3.8) is 0 Å². The first-order valence-electron chi connectivity index (χ1n) is 6.02. The monoisotopic (exact) mass is 321 g/mol. The number of anilines is 1. The Morgan fingerprint density at radius 1 is 1.11 bits per heavy atom.